The Morgan fingerprint density at radius 1 is 1.23 bits per heavy atom. The van der Waals surface area contributed by atoms with Crippen molar-refractivity contribution in [2.24, 2.45) is 0 Å². The fourth-order valence-electron chi connectivity index (χ4n) is 3.16. The third-order valence-corrected chi connectivity index (χ3v) is 4.64. The number of hydrogen-bond donors (Lipinski definition) is 0. The van der Waals surface area contributed by atoms with Crippen molar-refractivity contribution in [1.82, 2.24) is 24.5 Å². The molecule has 0 aromatic carbocycles. The molecule has 0 bridgehead atoms. The molecule has 136 valence electrons. The molecule has 1 unspecified atom stereocenters. The molecule has 6 heteroatoms. The molecule has 3 aromatic heterocycles. The maximum absolute atomic E-state index is 13.2. The summed E-state index contributed by atoms with van der Waals surface area (Å²) in [5.41, 5.74) is 3.04. The molecule has 0 saturated carbocycles. The van der Waals surface area contributed by atoms with E-state index in [1.54, 1.807) is 29.3 Å². The molecule has 0 aliphatic heterocycles. The molecule has 0 radical (unpaired) electrons. The Bertz CT molecular complexity index is 911. The van der Waals surface area contributed by atoms with Crippen LogP contribution in [0.3, 0.4) is 0 Å². The maximum atomic E-state index is 13.2. The van der Waals surface area contributed by atoms with Crippen LogP contribution in [0.2, 0.25) is 0 Å². The van der Waals surface area contributed by atoms with E-state index in [4.69, 9.17) is 0 Å². The molecule has 0 N–H and O–H groups in total. The van der Waals surface area contributed by atoms with Gasteiger partial charge in [0.25, 0.3) is 5.91 Å². The Kier molecular flexibility index (Phi) is 4.76. The lowest BCUT2D eigenvalue weighted by atomic mass is 9.92. The molecule has 3 rings (SSSR count). The van der Waals surface area contributed by atoms with Crippen LogP contribution in [0.15, 0.2) is 43.0 Å². The number of aromatic nitrogens is 4. The summed E-state index contributed by atoms with van der Waals surface area (Å²) in [6.07, 6.45) is 6.90. The predicted octanol–water partition coefficient (Wildman–Crippen LogP) is 3.65. The monoisotopic (exact) mass is 351 g/mol. The lowest BCUT2D eigenvalue weighted by molar-refractivity contribution is 0.0704. The van der Waals surface area contributed by atoms with Gasteiger partial charge in [-0.15, -0.1) is 0 Å². The Morgan fingerprint density at radius 2 is 2.00 bits per heavy atom. The third-order valence-electron chi connectivity index (χ3n) is 4.64. The first kappa shape index (κ1) is 18.0. The van der Waals surface area contributed by atoms with Gasteiger partial charge in [0, 0.05) is 30.6 Å². The van der Waals surface area contributed by atoms with Gasteiger partial charge in [-0.05, 0) is 31.5 Å². The molecular formula is C20H25N5O. The van der Waals surface area contributed by atoms with Gasteiger partial charge in [-0.3, -0.25) is 9.78 Å². The maximum Gasteiger partial charge on any atom is 0.259 e. The van der Waals surface area contributed by atoms with E-state index in [1.165, 1.54) is 0 Å². The van der Waals surface area contributed by atoms with Crippen LogP contribution in [0.25, 0.3) is 5.65 Å². The SMILES string of the molecule is CCN(C(=O)c1cnn2c(C(C)(C)C)ccnc12)C(C)c1cccnc1. The second-order valence-corrected chi connectivity index (χ2v) is 7.43. The van der Waals surface area contributed by atoms with Crippen molar-refractivity contribution in [2.45, 2.75) is 46.1 Å². The number of pyridine rings is 1. The zero-order valence-corrected chi connectivity index (χ0v) is 16.0. The standard InChI is InChI=1S/C20H25N5O/c1-6-24(14(2)15-8-7-10-21-12-15)19(26)16-13-23-25-17(20(3,4)5)9-11-22-18(16)25/h7-14H,6H2,1-5H3. The van der Waals surface area contributed by atoms with E-state index in [1.807, 2.05) is 36.9 Å². The number of carbonyl (C=O) groups is 1. The molecule has 0 aliphatic carbocycles. The van der Waals surface area contributed by atoms with Crippen molar-refractivity contribution < 1.29 is 4.79 Å². The van der Waals surface area contributed by atoms with Gasteiger partial charge in [0.2, 0.25) is 0 Å². The molecule has 6 nitrogen and oxygen atoms in total. The normalized spacial score (nSPS) is 13.0. The van der Waals surface area contributed by atoms with E-state index in [2.05, 4.69) is 35.8 Å². The number of rotatable bonds is 4. The Labute approximate surface area is 153 Å². The van der Waals surface area contributed by atoms with Crippen molar-refractivity contribution in [3.63, 3.8) is 0 Å². The van der Waals surface area contributed by atoms with Crippen molar-refractivity contribution in [1.29, 1.82) is 0 Å². The second-order valence-electron chi connectivity index (χ2n) is 7.43. The highest BCUT2D eigenvalue weighted by molar-refractivity contribution is 5.99. The summed E-state index contributed by atoms with van der Waals surface area (Å²) in [6.45, 7) is 10.9. The van der Waals surface area contributed by atoms with Crippen molar-refractivity contribution in [3.05, 3.63) is 59.8 Å². The minimum Gasteiger partial charge on any atom is -0.332 e. The smallest absolute Gasteiger partial charge is 0.259 e. The molecule has 3 heterocycles. The van der Waals surface area contributed by atoms with E-state index in [0.717, 1.165) is 11.3 Å². The summed E-state index contributed by atoms with van der Waals surface area (Å²) in [6, 6.07) is 5.74. The van der Waals surface area contributed by atoms with Crippen LogP contribution < -0.4 is 0 Å². The van der Waals surface area contributed by atoms with E-state index < -0.39 is 0 Å². The van der Waals surface area contributed by atoms with Crippen LogP contribution in [0.5, 0.6) is 0 Å². The van der Waals surface area contributed by atoms with Crippen LogP contribution in [0.1, 0.15) is 62.3 Å². The van der Waals surface area contributed by atoms with Crippen LogP contribution in [-0.4, -0.2) is 36.9 Å². The third kappa shape index (κ3) is 3.19. The topological polar surface area (TPSA) is 63.4 Å². The summed E-state index contributed by atoms with van der Waals surface area (Å²) < 4.78 is 1.77. The van der Waals surface area contributed by atoms with Crippen LogP contribution in [-0.2, 0) is 5.41 Å². The van der Waals surface area contributed by atoms with Crippen molar-refractivity contribution in [3.8, 4) is 0 Å². The number of amides is 1. The van der Waals surface area contributed by atoms with Gasteiger partial charge in [-0.1, -0.05) is 26.8 Å². The first-order valence-electron chi connectivity index (χ1n) is 8.88. The zero-order valence-electron chi connectivity index (χ0n) is 16.0. The van der Waals surface area contributed by atoms with Gasteiger partial charge in [0.1, 0.15) is 5.56 Å². The van der Waals surface area contributed by atoms with Crippen LogP contribution in [0.4, 0.5) is 0 Å². The fraction of sp³-hybridized carbons (Fsp3) is 0.400. The number of hydrogen-bond acceptors (Lipinski definition) is 4. The van der Waals surface area contributed by atoms with Gasteiger partial charge < -0.3 is 4.90 Å². The van der Waals surface area contributed by atoms with Crippen LogP contribution in [0, 0.1) is 0 Å². The quantitative estimate of drug-likeness (QED) is 0.720. The largest absolute Gasteiger partial charge is 0.332 e. The molecule has 3 aromatic rings. The van der Waals surface area contributed by atoms with Crippen LogP contribution >= 0.6 is 0 Å². The fourth-order valence-corrected chi connectivity index (χ4v) is 3.16. The van der Waals surface area contributed by atoms with Gasteiger partial charge in [0.05, 0.1) is 17.9 Å². The minimum absolute atomic E-state index is 0.0718. The molecule has 0 aliphatic rings. The molecule has 0 spiro atoms. The molecular weight excluding hydrogens is 326 g/mol. The van der Waals surface area contributed by atoms with Gasteiger partial charge in [0.15, 0.2) is 5.65 Å². The molecule has 1 atom stereocenters. The Balaban J connectivity index is 2.01. The molecule has 26 heavy (non-hydrogen) atoms. The van der Waals surface area contributed by atoms with E-state index in [-0.39, 0.29) is 17.4 Å². The highest BCUT2D eigenvalue weighted by Crippen LogP contribution is 2.25. The van der Waals surface area contributed by atoms with E-state index in [0.29, 0.717) is 17.8 Å². The van der Waals surface area contributed by atoms with Crippen molar-refractivity contribution in [2.75, 3.05) is 6.54 Å². The Morgan fingerprint density at radius 3 is 2.62 bits per heavy atom. The van der Waals surface area contributed by atoms with Gasteiger partial charge in [-0.2, -0.15) is 5.10 Å². The first-order chi connectivity index (χ1) is 12.3. The second kappa shape index (κ2) is 6.86. The molecule has 0 fully saturated rings. The predicted molar refractivity (Wildman–Crippen MR) is 101 cm³/mol. The molecule has 0 saturated heterocycles. The minimum atomic E-state index is -0.0963. The summed E-state index contributed by atoms with van der Waals surface area (Å²) in [4.78, 5) is 23.6. The van der Waals surface area contributed by atoms with E-state index in [9.17, 15) is 4.79 Å². The number of carbonyl (C=O) groups excluding carboxylic acids is 1. The number of fused-ring (bicyclic) bond motifs is 1. The number of nitrogens with zero attached hydrogens (tertiary/aromatic N) is 5. The summed E-state index contributed by atoms with van der Waals surface area (Å²) >= 11 is 0. The van der Waals surface area contributed by atoms with Crippen molar-refractivity contribution >= 4 is 11.6 Å². The summed E-state index contributed by atoms with van der Waals surface area (Å²) in [5.74, 6) is -0.0718. The zero-order chi connectivity index (χ0) is 18.9. The van der Waals surface area contributed by atoms with Gasteiger partial charge in [-0.25, -0.2) is 9.50 Å². The summed E-state index contributed by atoms with van der Waals surface area (Å²) in [7, 11) is 0. The summed E-state index contributed by atoms with van der Waals surface area (Å²) in [5, 5.41) is 4.45. The molecule has 1 amide bonds. The lowest BCUT2D eigenvalue weighted by Gasteiger charge is -2.28. The van der Waals surface area contributed by atoms with E-state index >= 15 is 0 Å². The lowest BCUT2D eigenvalue weighted by Crippen LogP contribution is -2.33. The average Bonchev–Trinajstić information content (AvgIpc) is 3.06. The first-order valence-corrected chi connectivity index (χ1v) is 8.88. The Hall–Kier alpha value is -2.76. The highest BCUT2D eigenvalue weighted by Gasteiger charge is 2.26. The average molecular weight is 351 g/mol. The van der Waals surface area contributed by atoms with Gasteiger partial charge >= 0.3 is 0 Å². The highest BCUT2D eigenvalue weighted by atomic mass is 16.2.